The van der Waals surface area contributed by atoms with Crippen LogP contribution in [0.1, 0.15) is 17.4 Å². The minimum Gasteiger partial charge on any atom is -0.336 e. The molecular formula is C22H19FN4O. The fourth-order valence-corrected chi connectivity index (χ4v) is 3.27. The zero-order chi connectivity index (χ0) is 19.5. The van der Waals surface area contributed by atoms with E-state index in [0.717, 1.165) is 10.8 Å². The maximum atomic E-state index is 14.4. The van der Waals surface area contributed by atoms with Gasteiger partial charge in [0.1, 0.15) is 17.7 Å². The smallest absolute Gasteiger partial charge is 0.320 e. The van der Waals surface area contributed by atoms with E-state index in [4.69, 9.17) is 0 Å². The summed E-state index contributed by atoms with van der Waals surface area (Å²) in [5, 5.41) is 7.69. The van der Waals surface area contributed by atoms with Gasteiger partial charge in [-0.25, -0.2) is 14.2 Å². The van der Waals surface area contributed by atoms with E-state index < -0.39 is 17.9 Å². The molecule has 4 aromatic rings. The summed E-state index contributed by atoms with van der Waals surface area (Å²) in [4.78, 5) is 17.1. The summed E-state index contributed by atoms with van der Waals surface area (Å²) in [6.07, 6.45) is 3.38. The van der Waals surface area contributed by atoms with Crippen LogP contribution >= 0.6 is 0 Å². The number of hydrogen-bond acceptors (Lipinski definition) is 2. The number of nitrogens with one attached hydrogen (secondary N) is 2. The molecule has 28 heavy (non-hydrogen) atoms. The fourth-order valence-electron chi connectivity index (χ4n) is 3.27. The summed E-state index contributed by atoms with van der Waals surface area (Å²) in [6.45, 7) is 0. The summed E-state index contributed by atoms with van der Waals surface area (Å²) in [5.74, 6) is 0.138. The number of nitrogens with zero attached hydrogens (tertiary/aromatic N) is 2. The van der Waals surface area contributed by atoms with Crippen LogP contribution in [0.2, 0.25) is 0 Å². The highest BCUT2D eigenvalue weighted by atomic mass is 19.1. The molecule has 140 valence electrons. The van der Waals surface area contributed by atoms with Gasteiger partial charge in [-0.05, 0) is 17.5 Å². The lowest BCUT2D eigenvalue weighted by Gasteiger charge is -2.20. The first kappa shape index (κ1) is 17.7. The van der Waals surface area contributed by atoms with Crippen LogP contribution in [0.4, 0.5) is 14.9 Å². The van der Waals surface area contributed by atoms with E-state index in [-0.39, 0.29) is 0 Å². The second-order valence-corrected chi connectivity index (χ2v) is 6.48. The zero-order valence-corrected chi connectivity index (χ0v) is 15.3. The molecule has 0 radical (unpaired) electrons. The van der Waals surface area contributed by atoms with Crippen LogP contribution in [0, 0.1) is 5.82 Å². The van der Waals surface area contributed by atoms with Crippen LogP contribution in [0.25, 0.3) is 10.8 Å². The topological polar surface area (TPSA) is 59.0 Å². The molecular weight excluding hydrogens is 355 g/mol. The van der Waals surface area contributed by atoms with Gasteiger partial charge in [-0.2, -0.15) is 0 Å². The van der Waals surface area contributed by atoms with Gasteiger partial charge in [-0.3, -0.25) is 0 Å². The van der Waals surface area contributed by atoms with Crippen LogP contribution in [-0.2, 0) is 7.05 Å². The van der Waals surface area contributed by atoms with E-state index in [1.165, 1.54) is 6.07 Å². The number of urea groups is 1. The number of aryl methyl sites for hydroxylation is 1. The Labute approximate surface area is 161 Å². The Kier molecular flexibility index (Phi) is 4.76. The first-order valence-corrected chi connectivity index (χ1v) is 8.90. The molecule has 0 fully saturated rings. The Morgan fingerprint density at radius 3 is 2.57 bits per heavy atom. The second-order valence-electron chi connectivity index (χ2n) is 6.48. The Balaban J connectivity index is 1.64. The van der Waals surface area contributed by atoms with Crippen molar-refractivity contribution in [3.05, 3.63) is 96.3 Å². The third kappa shape index (κ3) is 3.44. The first-order chi connectivity index (χ1) is 13.6. The highest BCUT2D eigenvalue weighted by molar-refractivity contribution is 6.01. The molecule has 1 aromatic heterocycles. The number of imidazole rings is 1. The maximum absolute atomic E-state index is 14.4. The van der Waals surface area contributed by atoms with Crippen LogP contribution < -0.4 is 10.6 Å². The zero-order valence-electron chi connectivity index (χ0n) is 15.3. The van der Waals surface area contributed by atoms with Gasteiger partial charge in [0.15, 0.2) is 0 Å². The molecule has 1 atom stereocenters. The normalized spacial score (nSPS) is 11.9. The molecule has 2 N–H and O–H groups in total. The minimum absolute atomic E-state index is 0.352. The van der Waals surface area contributed by atoms with Crippen molar-refractivity contribution in [2.75, 3.05) is 5.32 Å². The number of amides is 2. The van der Waals surface area contributed by atoms with E-state index >= 15 is 0 Å². The van der Waals surface area contributed by atoms with Crippen molar-refractivity contribution < 1.29 is 9.18 Å². The van der Waals surface area contributed by atoms with E-state index in [9.17, 15) is 9.18 Å². The summed E-state index contributed by atoms with van der Waals surface area (Å²) >= 11 is 0. The second kappa shape index (κ2) is 7.52. The number of aromatic nitrogens is 2. The molecule has 0 spiro atoms. The maximum Gasteiger partial charge on any atom is 0.320 e. The Hall–Kier alpha value is -3.67. The third-order valence-electron chi connectivity index (χ3n) is 4.65. The van der Waals surface area contributed by atoms with Crippen LogP contribution in [0.15, 0.2) is 79.1 Å². The first-order valence-electron chi connectivity index (χ1n) is 8.90. The summed E-state index contributed by atoms with van der Waals surface area (Å²) < 4.78 is 16.2. The lowest BCUT2D eigenvalue weighted by molar-refractivity contribution is 0.249. The number of rotatable bonds is 4. The molecule has 5 nitrogen and oxygen atoms in total. The number of carbonyl (C=O) groups is 1. The highest BCUT2D eigenvalue weighted by Gasteiger charge is 2.23. The van der Waals surface area contributed by atoms with E-state index in [1.54, 1.807) is 42.2 Å². The van der Waals surface area contributed by atoms with Crippen LogP contribution in [0.3, 0.4) is 0 Å². The lowest BCUT2D eigenvalue weighted by atomic mass is 10.1. The van der Waals surface area contributed by atoms with Gasteiger partial charge in [0.2, 0.25) is 0 Å². The molecule has 4 rings (SSSR count). The quantitative estimate of drug-likeness (QED) is 0.547. The van der Waals surface area contributed by atoms with Gasteiger partial charge in [-0.1, -0.05) is 54.6 Å². The Morgan fingerprint density at radius 2 is 1.79 bits per heavy atom. The van der Waals surface area contributed by atoms with E-state index in [2.05, 4.69) is 15.6 Å². The van der Waals surface area contributed by atoms with Crippen LogP contribution in [0.5, 0.6) is 0 Å². The van der Waals surface area contributed by atoms with Crippen molar-refractivity contribution in [3.8, 4) is 0 Å². The third-order valence-corrected chi connectivity index (χ3v) is 4.65. The number of anilines is 1. The molecule has 0 aliphatic heterocycles. The molecule has 0 unspecified atom stereocenters. The average Bonchev–Trinajstić information content (AvgIpc) is 3.13. The molecule has 0 bridgehead atoms. The number of halogens is 1. The molecule has 0 saturated heterocycles. The van der Waals surface area contributed by atoms with Gasteiger partial charge in [0, 0.05) is 30.4 Å². The van der Waals surface area contributed by atoms with E-state index in [0.29, 0.717) is 17.1 Å². The summed E-state index contributed by atoms with van der Waals surface area (Å²) in [5.41, 5.74) is 1.03. The number of fused-ring (bicyclic) bond motifs is 1. The van der Waals surface area contributed by atoms with Gasteiger partial charge < -0.3 is 15.2 Å². The summed E-state index contributed by atoms with van der Waals surface area (Å²) in [6, 6.07) is 18.7. The fraction of sp³-hybridized carbons (Fsp3) is 0.0909. The molecule has 1 heterocycles. The van der Waals surface area contributed by atoms with Gasteiger partial charge in [-0.15, -0.1) is 0 Å². The predicted octanol–water partition coefficient (Wildman–Crippen LogP) is 4.62. The average molecular weight is 374 g/mol. The number of carbonyl (C=O) groups excluding carboxylic acids is 1. The number of hydrogen-bond donors (Lipinski definition) is 2. The van der Waals surface area contributed by atoms with Crippen molar-refractivity contribution in [1.82, 2.24) is 14.9 Å². The predicted molar refractivity (Wildman–Crippen MR) is 108 cm³/mol. The van der Waals surface area contributed by atoms with Gasteiger partial charge in [0.25, 0.3) is 0 Å². The lowest BCUT2D eigenvalue weighted by Crippen LogP contribution is -2.35. The molecule has 3 aromatic carbocycles. The SMILES string of the molecule is Cn1ccnc1[C@@H](NC(=O)Nc1cccc2ccccc12)c1ccccc1F. The molecule has 6 heteroatoms. The van der Waals surface area contributed by atoms with Crippen LogP contribution in [-0.4, -0.2) is 15.6 Å². The van der Waals surface area contributed by atoms with Crippen molar-refractivity contribution >= 4 is 22.5 Å². The van der Waals surface area contributed by atoms with Crippen molar-refractivity contribution in [2.24, 2.45) is 7.05 Å². The van der Waals surface area contributed by atoms with E-state index in [1.807, 2.05) is 42.5 Å². The molecule has 0 aliphatic carbocycles. The Morgan fingerprint density at radius 1 is 1.04 bits per heavy atom. The van der Waals surface area contributed by atoms with Crippen molar-refractivity contribution in [1.29, 1.82) is 0 Å². The van der Waals surface area contributed by atoms with Crippen molar-refractivity contribution in [3.63, 3.8) is 0 Å². The van der Waals surface area contributed by atoms with Crippen molar-refractivity contribution in [2.45, 2.75) is 6.04 Å². The Bertz CT molecular complexity index is 1130. The van der Waals surface area contributed by atoms with Gasteiger partial charge in [0.05, 0.1) is 5.69 Å². The van der Waals surface area contributed by atoms with Gasteiger partial charge >= 0.3 is 6.03 Å². The summed E-state index contributed by atoms with van der Waals surface area (Å²) in [7, 11) is 1.81. The molecule has 0 saturated carbocycles. The minimum atomic E-state index is -0.726. The standard InChI is InChI=1S/C22H19FN4O/c1-27-14-13-24-21(27)20(17-10-4-5-11-18(17)23)26-22(28)25-19-12-6-8-15-7-2-3-9-16(15)19/h2-14,20H,1H3,(H2,25,26,28)/t20-/m0/s1. The highest BCUT2D eigenvalue weighted by Crippen LogP contribution is 2.25. The number of benzene rings is 3. The largest absolute Gasteiger partial charge is 0.336 e. The molecule has 2 amide bonds. The molecule has 0 aliphatic rings. The monoisotopic (exact) mass is 374 g/mol.